The number of hydrazine groups is 2. The van der Waals surface area contributed by atoms with Crippen molar-refractivity contribution in [2.45, 2.75) is 32.4 Å². The first-order valence-electron chi connectivity index (χ1n) is 11.3. The second kappa shape index (κ2) is 10.4. The highest BCUT2D eigenvalue weighted by molar-refractivity contribution is 5.83. The third-order valence-electron chi connectivity index (χ3n) is 6.33. The van der Waals surface area contributed by atoms with E-state index in [0.29, 0.717) is 6.54 Å². The van der Waals surface area contributed by atoms with Crippen molar-refractivity contribution in [2.24, 2.45) is 0 Å². The molecule has 2 aromatic rings. The van der Waals surface area contributed by atoms with Crippen LogP contribution in [-0.2, 0) is 4.79 Å². The highest BCUT2D eigenvalue weighted by atomic mass is 19.1. The van der Waals surface area contributed by atoms with Gasteiger partial charge in [-0.3, -0.25) is 9.69 Å². The maximum atomic E-state index is 13.2. The molecule has 0 bridgehead atoms. The van der Waals surface area contributed by atoms with E-state index >= 15 is 0 Å². The number of piperazine rings is 1. The molecule has 0 saturated carbocycles. The lowest BCUT2D eigenvalue weighted by Crippen LogP contribution is -2.48. The monoisotopic (exact) mass is 440 g/mol. The minimum absolute atomic E-state index is 0.0726. The summed E-state index contributed by atoms with van der Waals surface area (Å²) in [5.41, 5.74) is 13.6. The molecule has 4 rings (SSSR count). The van der Waals surface area contributed by atoms with Crippen LogP contribution in [0.2, 0.25) is 0 Å². The number of carbonyl (C=O) groups is 1. The first-order chi connectivity index (χ1) is 15.5. The number of carbonyl (C=O) groups excluding carboxylic acids is 1. The van der Waals surface area contributed by atoms with Crippen molar-refractivity contribution in [3.05, 3.63) is 65.0 Å². The summed E-state index contributed by atoms with van der Waals surface area (Å²) in [5.74, 6) is -0.361. The van der Waals surface area contributed by atoms with Crippen molar-refractivity contribution in [1.82, 2.24) is 26.6 Å². The van der Waals surface area contributed by atoms with Crippen molar-refractivity contribution >= 4 is 11.6 Å². The molecule has 0 aromatic heterocycles. The van der Waals surface area contributed by atoms with Crippen LogP contribution in [0, 0.1) is 19.7 Å². The van der Waals surface area contributed by atoms with E-state index in [0.717, 1.165) is 44.7 Å². The molecule has 172 valence electrons. The van der Waals surface area contributed by atoms with E-state index in [1.807, 2.05) is 0 Å². The molecule has 2 heterocycles. The Labute approximate surface area is 189 Å². The molecule has 2 saturated heterocycles. The van der Waals surface area contributed by atoms with Gasteiger partial charge in [0.15, 0.2) is 0 Å². The Morgan fingerprint density at radius 1 is 1.06 bits per heavy atom. The Bertz CT molecular complexity index is 913. The van der Waals surface area contributed by atoms with Crippen molar-refractivity contribution < 1.29 is 9.18 Å². The molecule has 2 unspecified atom stereocenters. The topological polar surface area (TPSA) is 71.7 Å². The molecule has 0 spiro atoms. The smallest absolute Gasteiger partial charge is 0.240 e. The van der Waals surface area contributed by atoms with Crippen LogP contribution in [0.1, 0.15) is 29.2 Å². The molecule has 8 heteroatoms. The zero-order valence-corrected chi connectivity index (χ0v) is 18.8. The van der Waals surface area contributed by atoms with Crippen LogP contribution in [0.5, 0.6) is 0 Å². The summed E-state index contributed by atoms with van der Waals surface area (Å²) >= 11 is 0. The first-order valence-corrected chi connectivity index (χ1v) is 11.3. The van der Waals surface area contributed by atoms with E-state index in [-0.39, 0.29) is 17.8 Å². The largest absolute Gasteiger partial charge is 0.369 e. The van der Waals surface area contributed by atoms with Crippen molar-refractivity contribution in [3.8, 4) is 0 Å². The lowest BCUT2D eigenvalue weighted by Gasteiger charge is -2.37. The Balaban J connectivity index is 1.18. The molecule has 2 aliphatic rings. The molecule has 7 nitrogen and oxygen atoms in total. The van der Waals surface area contributed by atoms with Gasteiger partial charge in [0.05, 0.1) is 6.04 Å². The average Bonchev–Trinajstić information content (AvgIpc) is 3.29. The van der Waals surface area contributed by atoms with Crippen LogP contribution in [0.15, 0.2) is 42.5 Å². The van der Waals surface area contributed by atoms with Gasteiger partial charge in [0.2, 0.25) is 5.91 Å². The summed E-state index contributed by atoms with van der Waals surface area (Å²) in [5, 5.41) is 3.03. The summed E-state index contributed by atoms with van der Waals surface area (Å²) in [6.45, 7) is 10.0. The summed E-state index contributed by atoms with van der Waals surface area (Å²) in [6, 6.07) is 12.1. The number of aryl methyl sites for hydroxylation is 2. The van der Waals surface area contributed by atoms with Crippen LogP contribution in [-0.4, -0.2) is 56.1 Å². The van der Waals surface area contributed by atoms with Gasteiger partial charge in [-0.2, -0.15) is 5.53 Å². The molecule has 2 aliphatic heterocycles. The maximum absolute atomic E-state index is 13.2. The molecule has 2 aromatic carbocycles. The van der Waals surface area contributed by atoms with Gasteiger partial charge in [0.25, 0.3) is 0 Å². The van der Waals surface area contributed by atoms with E-state index < -0.39 is 6.04 Å². The number of nitrogens with one attached hydrogen (secondary N) is 4. The number of hydrogen-bond acceptors (Lipinski definition) is 6. The normalized spacial score (nSPS) is 21.7. The molecule has 2 fully saturated rings. The summed E-state index contributed by atoms with van der Waals surface area (Å²) in [6.07, 6.45) is 0.907. The average molecular weight is 441 g/mol. The predicted octanol–water partition coefficient (Wildman–Crippen LogP) is 1.79. The molecular formula is C24H33FN6O. The highest BCUT2D eigenvalue weighted by Crippen LogP contribution is 2.23. The number of anilines is 1. The fourth-order valence-corrected chi connectivity index (χ4v) is 4.42. The number of amides is 1. The minimum Gasteiger partial charge on any atom is -0.369 e. The van der Waals surface area contributed by atoms with E-state index in [1.54, 1.807) is 12.1 Å². The summed E-state index contributed by atoms with van der Waals surface area (Å²) in [4.78, 5) is 17.6. The SMILES string of the molecule is Cc1ccc(C)c(N2CCN(CCCNC(=O)C3NNNC3c3ccc(F)cc3)CC2)c1. The standard InChI is InChI=1S/C24H33FN6O/c1-17-4-5-18(2)21(16-17)31-14-12-30(13-15-31)11-3-10-26-24(32)23-22(27-29-28-23)19-6-8-20(25)9-7-19/h4-9,16,22-23,27-29H,3,10-15H2,1-2H3,(H,26,32). The molecule has 32 heavy (non-hydrogen) atoms. The zero-order valence-electron chi connectivity index (χ0n) is 18.8. The number of benzene rings is 2. The van der Waals surface area contributed by atoms with Crippen molar-refractivity contribution in [2.75, 3.05) is 44.2 Å². The Kier molecular flexibility index (Phi) is 7.36. The lowest BCUT2D eigenvalue weighted by atomic mass is 10.0. The Morgan fingerprint density at radius 3 is 2.56 bits per heavy atom. The summed E-state index contributed by atoms with van der Waals surface area (Å²) in [7, 11) is 0. The number of hydrogen-bond donors (Lipinski definition) is 4. The van der Waals surface area contributed by atoms with E-state index in [1.165, 1.54) is 28.9 Å². The van der Waals surface area contributed by atoms with E-state index in [4.69, 9.17) is 0 Å². The van der Waals surface area contributed by atoms with Gasteiger partial charge in [-0.15, -0.1) is 0 Å². The molecule has 1 amide bonds. The van der Waals surface area contributed by atoms with E-state index in [2.05, 4.69) is 63.5 Å². The number of halogens is 1. The number of rotatable bonds is 7. The second-order valence-corrected chi connectivity index (χ2v) is 8.68. The third kappa shape index (κ3) is 5.45. The van der Waals surface area contributed by atoms with Crippen LogP contribution in [0.4, 0.5) is 10.1 Å². The molecule has 0 radical (unpaired) electrons. The second-order valence-electron chi connectivity index (χ2n) is 8.68. The first kappa shape index (κ1) is 22.7. The van der Waals surface area contributed by atoms with Gasteiger partial charge >= 0.3 is 0 Å². The fourth-order valence-electron chi connectivity index (χ4n) is 4.42. The lowest BCUT2D eigenvalue weighted by molar-refractivity contribution is -0.123. The highest BCUT2D eigenvalue weighted by Gasteiger charge is 2.33. The Hall–Kier alpha value is -2.52. The van der Waals surface area contributed by atoms with Crippen LogP contribution in [0.3, 0.4) is 0 Å². The minimum atomic E-state index is -0.457. The third-order valence-corrected chi connectivity index (χ3v) is 6.33. The fraction of sp³-hybridized carbons (Fsp3) is 0.458. The summed E-state index contributed by atoms with van der Waals surface area (Å²) < 4.78 is 13.2. The zero-order chi connectivity index (χ0) is 22.5. The molecule has 2 atom stereocenters. The van der Waals surface area contributed by atoms with Gasteiger partial charge in [-0.05, 0) is 61.7 Å². The van der Waals surface area contributed by atoms with Crippen molar-refractivity contribution in [1.29, 1.82) is 0 Å². The van der Waals surface area contributed by atoms with Crippen LogP contribution in [0.25, 0.3) is 0 Å². The number of nitrogens with zero attached hydrogens (tertiary/aromatic N) is 2. The van der Waals surface area contributed by atoms with Crippen LogP contribution >= 0.6 is 0 Å². The van der Waals surface area contributed by atoms with Gasteiger partial charge in [0, 0.05) is 38.4 Å². The Morgan fingerprint density at radius 2 is 1.81 bits per heavy atom. The molecule has 0 aliphatic carbocycles. The van der Waals surface area contributed by atoms with Gasteiger partial charge in [-0.25, -0.2) is 15.2 Å². The van der Waals surface area contributed by atoms with Gasteiger partial charge in [0.1, 0.15) is 11.9 Å². The predicted molar refractivity (Wildman–Crippen MR) is 125 cm³/mol. The molecular weight excluding hydrogens is 407 g/mol. The molecule has 4 N–H and O–H groups in total. The van der Waals surface area contributed by atoms with Gasteiger partial charge in [-0.1, -0.05) is 24.3 Å². The van der Waals surface area contributed by atoms with Gasteiger partial charge < -0.3 is 10.2 Å². The van der Waals surface area contributed by atoms with Crippen LogP contribution < -0.4 is 26.6 Å². The quantitative estimate of drug-likeness (QED) is 0.492. The maximum Gasteiger partial charge on any atom is 0.240 e. The van der Waals surface area contributed by atoms with Crippen molar-refractivity contribution in [3.63, 3.8) is 0 Å². The van der Waals surface area contributed by atoms with E-state index in [9.17, 15) is 9.18 Å².